The fourth-order valence-corrected chi connectivity index (χ4v) is 3.14. The number of nitrogens with one attached hydrogen (secondary N) is 1. The first-order valence-electron chi connectivity index (χ1n) is 12.4. The molecule has 0 spiro atoms. The molecule has 0 fully saturated rings. The number of aldehydes is 1. The van der Waals surface area contributed by atoms with Crippen molar-refractivity contribution in [2.45, 2.75) is 77.9 Å². The fraction of sp³-hybridized carbons (Fsp3) is 0.500. The van der Waals surface area contributed by atoms with Crippen molar-refractivity contribution in [3.8, 4) is 0 Å². The molecule has 0 bridgehead atoms. The van der Waals surface area contributed by atoms with Gasteiger partial charge in [0.1, 0.15) is 6.29 Å². The molecule has 0 heterocycles. The summed E-state index contributed by atoms with van der Waals surface area (Å²) >= 11 is 0. The number of allylic oxidation sites excluding steroid dienone is 4. The van der Waals surface area contributed by atoms with Crippen LogP contribution in [0.2, 0.25) is 0 Å². The molecule has 2 rings (SSSR count). The summed E-state index contributed by atoms with van der Waals surface area (Å²) in [5.74, 6) is -0.517. The Morgan fingerprint density at radius 2 is 1.78 bits per heavy atom. The molecule has 9 nitrogen and oxygen atoms in total. The molecule has 1 aromatic carbocycles. The maximum absolute atomic E-state index is 11.8. The topological polar surface area (TPSA) is 128 Å². The van der Waals surface area contributed by atoms with Gasteiger partial charge in [-0.05, 0) is 62.7 Å². The standard InChI is InChI=1S/C23H29NO6.C4H8O.CH4O/c1-17(2)30-23(27)29-16-28-22(26)13-12-21(24-15-25)14-18-8-10-20(11-9-18)19-6-4-3-5-7-19;1-2-3-4-5;1-2/h4,6-11,15,17,21H,3,5,12-14,16H2,1-2H3,(H,24,25);4H,2-3H2,1H3;2H,1H3. The van der Waals surface area contributed by atoms with Gasteiger partial charge in [-0.3, -0.25) is 9.59 Å². The van der Waals surface area contributed by atoms with Crippen LogP contribution >= 0.6 is 0 Å². The van der Waals surface area contributed by atoms with E-state index in [0.717, 1.165) is 43.8 Å². The van der Waals surface area contributed by atoms with E-state index in [1.807, 2.05) is 19.1 Å². The van der Waals surface area contributed by atoms with E-state index in [1.54, 1.807) is 13.8 Å². The molecule has 2 N–H and O–H groups in total. The third-order valence-electron chi connectivity index (χ3n) is 4.90. The molecule has 0 saturated carbocycles. The van der Waals surface area contributed by atoms with E-state index >= 15 is 0 Å². The number of unbranched alkanes of at least 4 members (excludes halogenated alkanes) is 1. The fourth-order valence-electron chi connectivity index (χ4n) is 3.14. The zero-order valence-corrected chi connectivity index (χ0v) is 22.3. The Kier molecular flexibility index (Phi) is 19.8. The van der Waals surface area contributed by atoms with E-state index in [0.29, 0.717) is 25.7 Å². The van der Waals surface area contributed by atoms with Gasteiger partial charge in [0.05, 0.1) is 6.10 Å². The molecule has 0 saturated heterocycles. The van der Waals surface area contributed by atoms with Crippen LogP contribution in [0.1, 0.15) is 70.4 Å². The summed E-state index contributed by atoms with van der Waals surface area (Å²) in [6, 6.07) is 7.99. The normalized spacial score (nSPS) is 12.4. The second-order valence-corrected chi connectivity index (χ2v) is 8.21. The SMILES string of the molecule is CC(C)OC(=O)OCOC(=O)CCC(Cc1ccc(C2=CCCC=C2)cc1)NC=O.CCCC=O.CO. The molecule has 0 aromatic heterocycles. The summed E-state index contributed by atoms with van der Waals surface area (Å²) in [5, 5.41) is 9.74. The van der Waals surface area contributed by atoms with Crippen molar-refractivity contribution in [3.63, 3.8) is 0 Å². The lowest BCUT2D eigenvalue weighted by Crippen LogP contribution is -2.31. The number of rotatable bonds is 13. The molecule has 1 aliphatic carbocycles. The Balaban J connectivity index is 0.00000165. The first kappa shape index (κ1) is 33.5. The molecule has 206 valence electrons. The Hall–Kier alpha value is -3.46. The molecule has 1 unspecified atom stereocenters. The molecule has 1 atom stereocenters. The Bertz CT molecular complexity index is 846. The number of hydrogen-bond donors (Lipinski definition) is 2. The Morgan fingerprint density at radius 1 is 1.08 bits per heavy atom. The van der Waals surface area contributed by atoms with Crippen LogP contribution in [-0.4, -0.2) is 56.0 Å². The van der Waals surface area contributed by atoms with Gasteiger partial charge in [0.2, 0.25) is 13.2 Å². The predicted molar refractivity (Wildman–Crippen MR) is 141 cm³/mol. The van der Waals surface area contributed by atoms with Crippen LogP contribution in [0.3, 0.4) is 0 Å². The van der Waals surface area contributed by atoms with Crippen molar-refractivity contribution in [1.29, 1.82) is 0 Å². The first-order chi connectivity index (χ1) is 17.9. The summed E-state index contributed by atoms with van der Waals surface area (Å²) in [6.07, 6.45) is 11.8. The van der Waals surface area contributed by atoms with Crippen LogP contribution in [0.25, 0.3) is 5.57 Å². The van der Waals surface area contributed by atoms with Gasteiger partial charge in [0, 0.05) is 26.0 Å². The van der Waals surface area contributed by atoms with Gasteiger partial charge in [-0.2, -0.15) is 0 Å². The molecule has 9 heteroatoms. The van der Waals surface area contributed by atoms with Crippen molar-refractivity contribution in [1.82, 2.24) is 5.32 Å². The van der Waals surface area contributed by atoms with Crippen molar-refractivity contribution < 1.29 is 38.5 Å². The zero-order chi connectivity index (χ0) is 27.9. The van der Waals surface area contributed by atoms with Gasteiger partial charge in [0.25, 0.3) is 0 Å². The lowest BCUT2D eigenvalue weighted by molar-refractivity contribution is -0.153. The lowest BCUT2D eigenvalue weighted by Gasteiger charge is -2.16. The van der Waals surface area contributed by atoms with Crippen LogP contribution in [0.5, 0.6) is 0 Å². The smallest absolute Gasteiger partial charge is 0.431 e. The van der Waals surface area contributed by atoms with Gasteiger partial charge >= 0.3 is 12.1 Å². The lowest BCUT2D eigenvalue weighted by atomic mass is 9.96. The number of ether oxygens (including phenoxy) is 3. The Morgan fingerprint density at radius 3 is 2.30 bits per heavy atom. The number of amides is 1. The molecule has 1 amide bonds. The molecule has 1 aliphatic rings. The number of aliphatic hydroxyl groups excluding tert-OH is 1. The average molecular weight is 520 g/mol. The van der Waals surface area contributed by atoms with Crippen molar-refractivity contribution in [2.24, 2.45) is 0 Å². The third kappa shape index (κ3) is 16.8. The van der Waals surface area contributed by atoms with Crippen molar-refractivity contribution >= 4 is 30.4 Å². The largest absolute Gasteiger partial charge is 0.511 e. The monoisotopic (exact) mass is 519 g/mol. The van der Waals surface area contributed by atoms with E-state index in [1.165, 1.54) is 5.57 Å². The van der Waals surface area contributed by atoms with Gasteiger partial charge in [-0.1, -0.05) is 49.4 Å². The summed E-state index contributed by atoms with van der Waals surface area (Å²) < 4.78 is 14.3. The van der Waals surface area contributed by atoms with Crippen LogP contribution in [-0.2, 0) is 35.0 Å². The van der Waals surface area contributed by atoms with Crippen LogP contribution in [0.4, 0.5) is 4.79 Å². The number of hydrogen-bond acceptors (Lipinski definition) is 8. The molecule has 0 radical (unpaired) electrons. The van der Waals surface area contributed by atoms with E-state index in [4.69, 9.17) is 14.6 Å². The average Bonchev–Trinajstić information content (AvgIpc) is 2.90. The van der Waals surface area contributed by atoms with Crippen molar-refractivity contribution in [3.05, 3.63) is 53.6 Å². The van der Waals surface area contributed by atoms with Crippen LogP contribution in [0.15, 0.2) is 42.5 Å². The second-order valence-electron chi connectivity index (χ2n) is 8.21. The van der Waals surface area contributed by atoms with Crippen LogP contribution in [0, 0.1) is 0 Å². The maximum atomic E-state index is 11.8. The highest BCUT2D eigenvalue weighted by Gasteiger charge is 2.14. The minimum atomic E-state index is -0.888. The number of carbonyl (C=O) groups excluding carboxylic acids is 4. The van der Waals surface area contributed by atoms with Gasteiger partial charge < -0.3 is 29.4 Å². The summed E-state index contributed by atoms with van der Waals surface area (Å²) in [5.41, 5.74) is 3.44. The zero-order valence-electron chi connectivity index (χ0n) is 22.3. The predicted octanol–water partition coefficient (Wildman–Crippen LogP) is 4.51. The second kappa shape index (κ2) is 21.8. The highest BCUT2D eigenvalue weighted by molar-refractivity contribution is 5.74. The van der Waals surface area contributed by atoms with Gasteiger partial charge in [-0.25, -0.2) is 4.79 Å². The molecule has 1 aromatic rings. The van der Waals surface area contributed by atoms with Crippen molar-refractivity contribution in [2.75, 3.05) is 13.9 Å². The maximum Gasteiger partial charge on any atom is 0.511 e. The Labute approximate surface area is 219 Å². The van der Waals surface area contributed by atoms with Crippen LogP contribution < -0.4 is 5.32 Å². The molecule has 37 heavy (non-hydrogen) atoms. The minimum Gasteiger partial charge on any atom is -0.431 e. The number of carbonyl (C=O) groups is 4. The molecular formula is C28H41NO8. The summed E-state index contributed by atoms with van der Waals surface area (Å²) in [6.45, 7) is 4.85. The quantitative estimate of drug-likeness (QED) is 0.221. The number of benzene rings is 1. The molecular weight excluding hydrogens is 478 g/mol. The first-order valence-corrected chi connectivity index (χ1v) is 12.4. The minimum absolute atomic E-state index is 0.0872. The van der Waals surface area contributed by atoms with Gasteiger partial charge in [0.15, 0.2) is 0 Å². The highest BCUT2D eigenvalue weighted by atomic mass is 16.8. The summed E-state index contributed by atoms with van der Waals surface area (Å²) in [7, 11) is 1.00. The number of esters is 1. The highest BCUT2D eigenvalue weighted by Crippen LogP contribution is 2.22. The molecule has 0 aliphatic heterocycles. The van der Waals surface area contributed by atoms with Gasteiger partial charge in [-0.15, -0.1) is 0 Å². The van der Waals surface area contributed by atoms with E-state index in [-0.39, 0.29) is 18.6 Å². The summed E-state index contributed by atoms with van der Waals surface area (Å²) in [4.78, 5) is 43.4. The third-order valence-corrected chi connectivity index (χ3v) is 4.90. The number of aliphatic hydroxyl groups is 1. The van der Waals surface area contributed by atoms with E-state index in [2.05, 4.69) is 40.4 Å². The van der Waals surface area contributed by atoms with E-state index < -0.39 is 18.9 Å². The van der Waals surface area contributed by atoms with E-state index in [9.17, 15) is 19.2 Å².